The molecule has 1 fully saturated rings. The first kappa shape index (κ1) is 23.3. The smallest absolute Gasteiger partial charge is 0.300 e. The Bertz CT molecular complexity index is 1300. The van der Waals surface area contributed by atoms with Gasteiger partial charge in [-0.25, -0.2) is 4.39 Å². The van der Waals surface area contributed by atoms with E-state index in [2.05, 4.69) is 0 Å². The van der Waals surface area contributed by atoms with Crippen LogP contribution >= 0.6 is 34.8 Å². The predicted molar refractivity (Wildman–Crippen MR) is 128 cm³/mol. The summed E-state index contributed by atoms with van der Waals surface area (Å²) in [5, 5.41) is 11.4. The number of nitrogens with zero attached hydrogens (tertiary/aromatic N) is 1. The molecule has 0 aromatic heterocycles. The summed E-state index contributed by atoms with van der Waals surface area (Å²) in [5.41, 5.74) is 1.98. The van der Waals surface area contributed by atoms with Gasteiger partial charge in [-0.3, -0.25) is 14.5 Å². The lowest BCUT2D eigenvalue weighted by Gasteiger charge is -2.26. The zero-order valence-corrected chi connectivity index (χ0v) is 19.5. The third-order valence-corrected chi connectivity index (χ3v) is 6.55. The van der Waals surface area contributed by atoms with E-state index in [4.69, 9.17) is 34.8 Å². The number of carbonyl (C=O) groups excluding carboxylic acids is 2. The minimum Gasteiger partial charge on any atom is -0.507 e. The first-order valence-corrected chi connectivity index (χ1v) is 11.2. The molecule has 1 aliphatic rings. The number of aryl methyl sites for hydroxylation is 1. The number of Topliss-reactive ketones (excluding diaryl/α,β-unsaturated/α-hetero) is 1. The number of rotatable bonds is 4. The summed E-state index contributed by atoms with van der Waals surface area (Å²) in [6, 6.07) is 14.5. The van der Waals surface area contributed by atoms with Gasteiger partial charge in [0, 0.05) is 11.3 Å². The molecule has 1 heterocycles. The Balaban J connectivity index is 1.95. The van der Waals surface area contributed by atoms with Crippen molar-refractivity contribution in [2.45, 2.75) is 19.4 Å². The number of anilines is 1. The third kappa shape index (κ3) is 4.24. The highest BCUT2D eigenvalue weighted by Crippen LogP contribution is 2.43. The van der Waals surface area contributed by atoms with E-state index in [-0.39, 0.29) is 31.9 Å². The van der Waals surface area contributed by atoms with E-state index in [1.165, 1.54) is 35.2 Å². The molecule has 0 radical (unpaired) electrons. The van der Waals surface area contributed by atoms with Gasteiger partial charge >= 0.3 is 0 Å². The normalized spacial score (nSPS) is 17.6. The molecule has 0 saturated carbocycles. The predicted octanol–water partition coefficient (Wildman–Crippen LogP) is 6.97. The maximum absolute atomic E-state index is 13.8. The number of aliphatic hydroxyl groups excluding tert-OH is 1. The Morgan fingerprint density at radius 1 is 0.939 bits per heavy atom. The minimum atomic E-state index is -0.966. The van der Waals surface area contributed by atoms with Gasteiger partial charge < -0.3 is 5.11 Å². The summed E-state index contributed by atoms with van der Waals surface area (Å²) in [4.78, 5) is 27.5. The molecule has 4 nitrogen and oxygen atoms in total. The highest BCUT2D eigenvalue weighted by Gasteiger charge is 2.47. The number of hydrogen-bond donors (Lipinski definition) is 1. The van der Waals surface area contributed by atoms with E-state index in [1.807, 2.05) is 19.1 Å². The molecule has 4 rings (SSSR count). The van der Waals surface area contributed by atoms with Crippen LogP contribution in [-0.2, 0) is 16.0 Å². The minimum absolute atomic E-state index is 0.122. The Labute approximate surface area is 204 Å². The lowest BCUT2D eigenvalue weighted by Crippen LogP contribution is -2.29. The lowest BCUT2D eigenvalue weighted by atomic mass is 9.94. The van der Waals surface area contributed by atoms with E-state index >= 15 is 0 Å². The molecule has 1 atom stereocenters. The second-order valence-electron chi connectivity index (χ2n) is 7.49. The second kappa shape index (κ2) is 9.18. The zero-order valence-electron chi connectivity index (χ0n) is 17.3. The van der Waals surface area contributed by atoms with Gasteiger partial charge in [0.1, 0.15) is 11.6 Å². The molecule has 1 saturated heterocycles. The Morgan fingerprint density at radius 2 is 1.64 bits per heavy atom. The molecule has 3 aromatic carbocycles. The Kier molecular flexibility index (Phi) is 6.48. The highest BCUT2D eigenvalue weighted by molar-refractivity contribution is 6.52. The molecule has 0 aliphatic carbocycles. The van der Waals surface area contributed by atoms with Gasteiger partial charge in [-0.2, -0.15) is 0 Å². The van der Waals surface area contributed by atoms with Gasteiger partial charge in [-0.05, 0) is 53.9 Å². The summed E-state index contributed by atoms with van der Waals surface area (Å²) in [7, 11) is 0. The molecule has 1 amide bonds. The molecule has 33 heavy (non-hydrogen) atoms. The SMILES string of the molecule is CCc1ccc(C2/C(=C(\O)c3ccc(Cl)c(Cl)c3)C(=O)C(=O)N2c2ccc(F)c(Cl)c2)cc1. The summed E-state index contributed by atoms with van der Waals surface area (Å²) >= 11 is 18.0. The standard InChI is InChI=1S/C25H17Cl3FNO3/c1-2-13-3-5-14(6-4-13)22-21(23(31)15-7-9-17(26)18(27)11-15)24(32)25(33)30(22)16-8-10-20(29)19(28)12-16/h3-12,22,31H,2H2,1H3/b23-21+. The van der Waals surface area contributed by atoms with Crippen molar-refractivity contribution in [3.63, 3.8) is 0 Å². The van der Waals surface area contributed by atoms with Gasteiger partial charge in [0.05, 0.1) is 26.7 Å². The van der Waals surface area contributed by atoms with Crippen LogP contribution in [0.3, 0.4) is 0 Å². The molecule has 1 N–H and O–H groups in total. The van der Waals surface area contributed by atoms with Gasteiger partial charge in [0.2, 0.25) is 0 Å². The summed E-state index contributed by atoms with van der Waals surface area (Å²) in [6.07, 6.45) is 0.803. The number of benzene rings is 3. The van der Waals surface area contributed by atoms with E-state index in [0.717, 1.165) is 18.1 Å². The van der Waals surface area contributed by atoms with Crippen LogP contribution in [0.25, 0.3) is 5.76 Å². The van der Waals surface area contributed by atoms with Crippen LogP contribution in [0.1, 0.15) is 29.7 Å². The van der Waals surface area contributed by atoms with Crippen LogP contribution in [-0.4, -0.2) is 16.8 Å². The van der Waals surface area contributed by atoms with Crippen LogP contribution in [0.4, 0.5) is 10.1 Å². The maximum atomic E-state index is 13.8. The molecular weight excluding hydrogens is 488 g/mol. The zero-order chi connectivity index (χ0) is 23.9. The van der Waals surface area contributed by atoms with Crippen molar-refractivity contribution in [3.05, 3.63) is 104 Å². The van der Waals surface area contributed by atoms with E-state index in [0.29, 0.717) is 5.56 Å². The van der Waals surface area contributed by atoms with Crippen LogP contribution in [0.5, 0.6) is 0 Å². The van der Waals surface area contributed by atoms with Crippen molar-refractivity contribution < 1.29 is 19.1 Å². The number of halogens is 4. The van der Waals surface area contributed by atoms with Crippen molar-refractivity contribution in [3.8, 4) is 0 Å². The van der Waals surface area contributed by atoms with Crippen molar-refractivity contribution in [1.82, 2.24) is 0 Å². The number of carbonyl (C=O) groups is 2. The Hall–Kier alpha value is -2.86. The lowest BCUT2D eigenvalue weighted by molar-refractivity contribution is -0.132. The van der Waals surface area contributed by atoms with E-state index < -0.39 is 29.3 Å². The molecule has 1 unspecified atom stereocenters. The molecule has 0 bridgehead atoms. The van der Waals surface area contributed by atoms with Crippen LogP contribution in [0, 0.1) is 5.82 Å². The average Bonchev–Trinajstić information content (AvgIpc) is 3.07. The Morgan fingerprint density at radius 3 is 2.24 bits per heavy atom. The van der Waals surface area contributed by atoms with E-state index in [1.54, 1.807) is 12.1 Å². The maximum Gasteiger partial charge on any atom is 0.300 e. The largest absolute Gasteiger partial charge is 0.507 e. The second-order valence-corrected chi connectivity index (χ2v) is 8.71. The summed E-state index contributed by atoms with van der Waals surface area (Å²) < 4.78 is 13.8. The quantitative estimate of drug-likeness (QED) is 0.237. The number of ketones is 1. The summed E-state index contributed by atoms with van der Waals surface area (Å²) in [6.45, 7) is 2.01. The van der Waals surface area contributed by atoms with Crippen LogP contribution in [0.15, 0.2) is 66.2 Å². The average molecular weight is 505 g/mol. The molecule has 168 valence electrons. The number of amides is 1. The molecular formula is C25H17Cl3FNO3. The van der Waals surface area contributed by atoms with Crippen molar-refractivity contribution in [1.29, 1.82) is 0 Å². The fourth-order valence-corrected chi connectivity index (χ4v) is 4.26. The van der Waals surface area contributed by atoms with Crippen molar-refractivity contribution in [2.24, 2.45) is 0 Å². The molecule has 8 heteroatoms. The third-order valence-electron chi connectivity index (χ3n) is 5.52. The van der Waals surface area contributed by atoms with Gasteiger partial charge in [0.15, 0.2) is 0 Å². The topological polar surface area (TPSA) is 57.6 Å². The van der Waals surface area contributed by atoms with Crippen molar-refractivity contribution >= 4 is 57.9 Å². The molecule has 0 spiro atoms. The van der Waals surface area contributed by atoms with Gasteiger partial charge in [-0.15, -0.1) is 0 Å². The highest BCUT2D eigenvalue weighted by atomic mass is 35.5. The van der Waals surface area contributed by atoms with Gasteiger partial charge in [-0.1, -0.05) is 66.0 Å². The molecule has 3 aromatic rings. The summed E-state index contributed by atoms with van der Waals surface area (Å²) in [5.74, 6) is -2.81. The molecule has 1 aliphatic heterocycles. The van der Waals surface area contributed by atoms with E-state index in [9.17, 15) is 19.1 Å². The fraction of sp³-hybridized carbons (Fsp3) is 0.120. The fourth-order valence-electron chi connectivity index (χ4n) is 3.78. The van der Waals surface area contributed by atoms with Gasteiger partial charge in [0.25, 0.3) is 11.7 Å². The van der Waals surface area contributed by atoms with Crippen molar-refractivity contribution in [2.75, 3.05) is 4.90 Å². The number of hydrogen-bond acceptors (Lipinski definition) is 3. The monoisotopic (exact) mass is 503 g/mol. The van der Waals surface area contributed by atoms with Crippen LogP contribution < -0.4 is 4.90 Å². The first-order chi connectivity index (χ1) is 15.7. The first-order valence-electron chi connectivity index (χ1n) is 10.0. The number of aliphatic hydroxyl groups is 1. The van der Waals surface area contributed by atoms with Crippen LogP contribution in [0.2, 0.25) is 15.1 Å².